The predicted octanol–water partition coefficient (Wildman–Crippen LogP) is 3.74. The minimum atomic E-state index is -4.33. The van der Waals surface area contributed by atoms with Gasteiger partial charge in [0.25, 0.3) is 0 Å². The van der Waals surface area contributed by atoms with Crippen LogP contribution < -0.4 is 10.6 Å². The van der Waals surface area contributed by atoms with E-state index in [9.17, 15) is 13.2 Å². The van der Waals surface area contributed by atoms with Crippen LogP contribution in [0.15, 0.2) is 18.2 Å². The maximum atomic E-state index is 12.7. The van der Waals surface area contributed by atoms with Gasteiger partial charge in [0.05, 0.1) is 5.56 Å². The van der Waals surface area contributed by atoms with Crippen molar-refractivity contribution in [1.82, 2.24) is 0 Å². The Balaban J connectivity index is 3.00. The molecule has 1 aromatic rings. The molecule has 6 heteroatoms. The molecule has 1 aromatic carbocycles. The summed E-state index contributed by atoms with van der Waals surface area (Å²) in [6.45, 7) is 2.16. The number of hydrogen-bond donors (Lipinski definition) is 1. The van der Waals surface area contributed by atoms with Crippen LogP contribution in [0.2, 0.25) is 0 Å². The summed E-state index contributed by atoms with van der Waals surface area (Å²) in [6.07, 6.45) is -1.32. The third-order valence-corrected chi connectivity index (χ3v) is 4.05. The lowest BCUT2D eigenvalue weighted by Crippen LogP contribution is -2.30. The summed E-state index contributed by atoms with van der Waals surface area (Å²) in [5, 5.41) is 0. The molecule has 1 rings (SSSR count). The fourth-order valence-electron chi connectivity index (χ4n) is 1.99. The molecule has 20 heavy (non-hydrogen) atoms. The van der Waals surface area contributed by atoms with E-state index in [1.54, 1.807) is 11.8 Å². The third kappa shape index (κ3) is 4.31. The second kappa shape index (κ2) is 7.22. The van der Waals surface area contributed by atoms with E-state index in [1.165, 1.54) is 6.07 Å². The highest BCUT2D eigenvalue weighted by atomic mass is 32.2. The maximum Gasteiger partial charge on any atom is 0.416 e. The van der Waals surface area contributed by atoms with Crippen LogP contribution >= 0.6 is 11.8 Å². The fourth-order valence-corrected chi connectivity index (χ4v) is 2.57. The molecule has 1 unspecified atom stereocenters. The number of benzene rings is 1. The molecule has 2 nitrogen and oxygen atoms in total. The minimum absolute atomic E-state index is 0.0961. The van der Waals surface area contributed by atoms with Crippen LogP contribution in [0.25, 0.3) is 0 Å². The van der Waals surface area contributed by atoms with Crippen LogP contribution in [0.3, 0.4) is 0 Å². The Morgan fingerprint density at radius 3 is 2.50 bits per heavy atom. The smallest absolute Gasteiger partial charge is 0.372 e. The van der Waals surface area contributed by atoms with Crippen molar-refractivity contribution in [2.24, 2.45) is 5.73 Å². The van der Waals surface area contributed by atoms with Crippen LogP contribution in [0.4, 0.5) is 18.9 Å². The van der Waals surface area contributed by atoms with E-state index < -0.39 is 11.7 Å². The molecule has 0 fully saturated rings. The number of nitrogens with zero attached hydrogens (tertiary/aromatic N) is 1. The summed E-state index contributed by atoms with van der Waals surface area (Å²) >= 11 is 1.76. The van der Waals surface area contributed by atoms with Gasteiger partial charge in [0.15, 0.2) is 0 Å². The SMILES string of the molecule is CSCCC(C)N(C)c1ccc(C(F)(F)F)cc1CN. The van der Waals surface area contributed by atoms with Crippen molar-refractivity contribution >= 4 is 17.4 Å². The van der Waals surface area contributed by atoms with Gasteiger partial charge in [0.2, 0.25) is 0 Å². The number of hydrogen-bond acceptors (Lipinski definition) is 3. The van der Waals surface area contributed by atoms with Crippen LogP contribution in [-0.4, -0.2) is 25.1 Å². The lowest BCUT2D eigenvalue weighted by molar-refractivity contribution is -0.137. The van der Waals surface area contributed by atoms with Gasteiger partial charge in [-0.2, -0.15) is 24.9 Å². The first-order chi connectivity index (χ1) is 9.31. The van der Waals surface area contributed by atoms with Crippen molar-refractivity contribution < 1.29 is 13.2 Å². The molecule has 0 bridgehead atoms. The molecule has 0 amide bonds. The molecule has 0 aliphatic carbocycles. The number of rotatable bonds is 6. The number of nitrogens with two attached hydrogens (primary N) is 1. The zero-order valence-corrected chi connectivity index (χ0v) is 12.8. The zero-order valence-electron chi connectivity index (χ0n) is 12.0. The Kier molecular flexibility index (Phi) is 6.20. The summed E-state index contributed by atoms with van der Waals surface area (Å²) < 4.78 is 38.1. The standard InChI is InChI=1S/C14H21F3N2S/c1-10(6-7-20-3)19(2)13-5-4-12(14(15,16)17)8-11(13)9-18/h4-5,8,10H,6-7,9,18H2,1-3H3. The fraction of sp³-hybridized carbons (Fsp3) is 0.571. The van der Waals surface area contributed by atoms with Gasteiger partial charge in [-0.15, -0.1) is 0 Å². The lowest BCUT2D eigenvalue weighted by Gasteiger charge is -2.29. The van der Waals surface area contributed by atoms with E-state index >= 15 is 0 Å². The van der Waals surface area contributed by atoms with Gasteiger partial charge in [-0.05, 0) is 49.1 Å². The Labute approximate surface area is 122 Å². The van der Waals surface area contributed by atoms with Crippen molar-refractivity contribution in [1.29, 1.82) is 0 Å². The highest BCUT2D eigenvalue weighted by Gasteiger charge is 2.31. The molecular weight excluding hydrogens is 285 g/mol. The quantitative estimate of drug-likeness (QED) is 0.868. The average molecular weight is 306 g/mol. The predicted molar refractivity (Wildman–Crippen MR) is 80.2 cm³/mol. The third-order valence-electron chi connectivity index (χ3n) is 3.41. The Morgan fingerprint density at radius 1 is 1.35 bits per heavy atom. The summed E-state index contributed by atoms with van der Waals surface area (Å²) in [5.41, 5.74) is 6.25. The first kappa shape index (κ1) is 17.2. The van der Waals surface area contributed by atoms with E-state index in [-0.39, 0.29) is 12.6 Å². The molecular formula is C14H21F3N2S. The summed E-state index contributed by atoms with van der Waals surface area (Å²) in [6, 6.07) is 4.03. The molecule has 0 aromatic heterocycles. The molecule has 0 radical (unpaired) electrons. The molecule has 0 saturated carbocycles. The number of anilines is 1. The molecule has 0 saturated heterocycles. The zero-order chi connectivity index (χ0) is 15.3. The Hall–Kier alpha value is -0.880. The number of alkyl halides is 3. The van der Waals surface area contributed by atoms with E-state index in [0.717, 1.165) is 30.0 Å². The molecule has 1 atom stereocenters. The van der Waals surface area contributed by atoms with Crippen molar-refractivity contribution in [3.05, 3.63) is 29.3 Å². The summed E-state index contributed by atoms with van der Waals surface area (Å²) in [5.74, 6) is 1.02. The Morgan fingerprint density at radius 2 is 2.00 bits per heavy atom. The summed E-state index contributed by atoms with van der Waals surface area (Å²) in [4.78, 5) is 2.00. The minimum Gasteiger partial charge on any atom is -0.372 e. The largest absolute Gasteiger partial charge is 0.416 e. The van der Waals surface area contributed by atoms with E-state index in [0.29, 0.717) is 5.56 Å². The van der Waals surface area contributed by atoms with E-state index in [4.69, 9.17) is 5.73 Å². The second-order valence-electron chi connectivity index (χ2n) is 4.79. The first-order valence-electron chi connectivity index (χ1n) is 6.43. The summed E-state index contributed by atoms with van der Waals surface area (Å²) in [7, 11) is 1.90. The van der Waals surface area contributed by atoms with Gasteiger partial charge in [-0.1, -0.05) is 0 Å². The van der Waals surface area contributed by atoms with Crippen LogP contribution in [0.1, 0.15) is 24.5 Å². The monoisotopic (exact) mass is 306 g/mol. The Bertz CT molecular complexity index is 435. The molecule has 2 N–H and O–H groups in total. The van der Waals surface area contributed by atoms with Gasteiger partial charge in [-0.3, -0.25) is 0 Å². The van der Waals surface area contributed by atoms with Gasteiger partial charge in [0, 0.05) is 25.3 Å². The lowest BCUT2D eigenvalue weighted by atomic mass is 10.1. The number of thioether (sulfide) groups is 1. The molecule has 0 heterocycles. The van der Waals surface area contributed by atoms with Crippen molar-refractivity contribution in [3.63, 3.8) is 0 Å². The second-order valence-corrected chi connectivity index (χ2v) is 5.77. The maximum absolute atomic E-state index is 12.7. The topological polar surface area (TPSA) is 29.3 Å². The highest BCUT2D eigenvalue weighted by Crippen LogP contribution is 2.33. The van der Waals surface area contributed by atoms with Gasteiger partial charge in [-0.25, -0.2) is 0 Å². The van der Waals surface area contributed by atoms with Crippen molar-refractivity contribution in [2.45, 2.75) is 32.1 Å². The van der Waals surface area contributed by atoms with Gasteiger partial charge >= 0.3 is 6.18 Å². The van der Waals surface area contributed by atoms with Crippen molar-refractivity contribution in [3.8, 4) is 0 Å². The van der Waals surface area contributed by atoms with Crippen LogP contribution in [0.5, 0.6) is 0 Å². The van der Waals surface area contributed by atoms with Gasteiger partial charge in [0.1, 0.15) is 0 Å². The van der Waals surface area contributed by atoms with E-state index in [1.807, 2.05) is 18.2 Å². The molecule has 0 aliphatic rings. The average Bonchev–Trinajstić information content (AvgIpc) is 2.42. The van der Waals surface area contributed by atoms with E-state index in [2.05, 4.69) is 6.92 Å². The first-order valence-corrected chi connectivity index (χ1v) is 7.82. The normalized spacial score (nSPS) is 13.3. The molecule has 0 aliphatic heterocycles. The highest BCUT2D eigenvalue weighted by molar-refractivity contribution is 7.98. The van der Waals surface area contributed by atoms with Crippen molar-refractivity contribution in [2.75, 3.05) is 24.0 Å². The van der Waals surface area contributed by atoms with Gasteiger partial charge < -0.3 is 10.6 Å². The van der Waals surface area contributed by atoms with Crippen LogP contribution in [-0.2, 0) is 12.7 Å². The molecule has 0 spiro atoms. The molecule has 114 valence electrons. The van der Waals surface area contributed by atoms with Crippen LogP contribution in [0, 0.1) is 0 Å². The number of halogens is 3.